The molecule has 138 valence electrons. The van der Waals surface area contributed by atoms with Gasteiger partial charge in [0, 0.05) is 11.9 Å². The van der Waals surface area contributed by atoms with Crippen molar-refractivity contribution < 1.29 is 18.7 Å². The molecule has 0 saturated heterocycles. The number of nitrogens with one attached hydrogen (secondary N) is 1. The number of halogens is 1. The lowest BCUT2D eigenvalue weighted by molar-refractivity contribution is -0.123. The molecule has 0 radical (unpaired) electrons. The molecule has 3 rings (SSSR count). The smallest absolute Gasteiger partial charge is 0.342 e. The first-order chi connectivity index (χ1) is 13.0. The van der Waals surface area contributed by atoms with Crippen LogP contribution in [0.1, 0.15) is 23.0 Å². The van der Waals surface area contributed by atoms with E-state index < -0.39 is 23.8 Å². The van der Waals surface area contributed by atoms with Crippen LogP contribution < -0.4 is 5.32 Å². The molecule has 1 N–H and O–H groups in total. The highest BCUT2D eigenvalue weighted by molar-refractivity contribution is 5.97. The summed E-state index contributed by atoms with van der Waals surface area (Å²) in [6.45, 7) is 3.14. The predicted octanol–water partition coefficient (Wildman–Crippen LogP) is 2.90. The highest BCUT2D eigenvalue weighted by atomic mass is 19.1. The van der Waals surface area contributed by atoms with E-state index in [-0.39, 0.29) is 11.3 Å². The Morgan fingerprint density at radius 1 is 1.22 bits per heavy atom. The first-order valence-corrected chi connectivity index (χ1v) is 8.19. The summed E-state index contributed by atoms with van der Waals surface area (Å²) in [6, 6.07) is 10.8. The van der Waals surface area contributed by atoms with Gasteiger partial charge in [-0.15, -0.1) is 0 Å². The maximum Gasteiger partial charge on any atom is 0.342 e. The zero-order valence-corrected chi connectivity index (χ0v) is 14.7. The van der Waals surface area contributed by atoms with Gasteiger partial charge in [-0.25, -0.2) is 18.9 Å². The molecule has 0 aliphatic rings. The molecule has 1 amide bonds. The van der Waals surface area contributed by atoms with E-state index in [1.54, 1.807) is 31.3 Å². The fourth-order valence-corrected chi connectivity index (χ4v) is 2.41. The topological polar surface area (TPSA) is 86.1 Å². The minimum absolute atomic E-state index is 0.228. The summed E-state index contributed by atoms with van der Waals surface area (Å²) in [5.74, 6) is -1.17. The minimum Gasteiger partial charge on any atom is -0.449 e. The molecule has 1 aromatic carbocycles. The van der Waals surface area contributed by atoms with E-state index in [0.717, 1.165) is 0 Å². The number of nitrogens with zero attached hydrogens (tertiary/aromatic N) is 3. The van der Waals surface area contributed by atoms with Gasteiger partial charge in [0.15, 0.2) is 11.9 Å². The molecule has 8 heteroatoms. The summed E-state index contributed by atoms with van der Waals surface area (Å²) in [4.78, 5) is 28.7. The van der Waals surface area contributed by atoms with Crippen molar-refractivity contribution >= 4 is 17.6 Å². The summed E-state index contributed by atoms with van der Waals surface area (Å²) < 4.78 is 19.9. The van der Waals surface area contributed by atoms with Gasteiger partial charge in [-0.05, 0) is 44.2 Å². The Balaban J connectivity index is 1.68. The molecule has 7 nitrogen and oxygen atoms in total. The Kier molecular flexibility index (Phi) is 5.25. The van der Waals surface area contributed by atoms with Crippen molar-refractivity contribution in [3.05, 3.63) is 71.9 Å². The number of carbonyl (C=O) groups excluding carboxylic acids is 2. The molecule has 0 spiro atoms. The summed E-state index contributed by atoms with van der Waals surface area (Å²) in [5, 5.41) is 6.65. The van der Waals surface area contributed by atoms with Crippen LogP contribution in [-0.2, 0) is 9.53 Å². The van der Waals surface area contributed by atoms with Gasteiger partial charge >= 0.3 is 5.97 Å². The lowest BCUT2D eigenvalue weighted by Crippen LogP contribution is -2.30. The van der Waals surface area contributed by atoms with Crippen LogP contribution in [0.4, 0.5) is 10.1 Å². The van der Waals surface area contributed by atoms with E-state index in [1.807, 2.05) is 0 Å². The molecule has 1 unspecified atom stereocenters. The van der Waals surface area contributed by atoms with Gasteiger partial charge in [-0.3, -0.25) is 4.79 Å². The lowest BCUT2D eigenvalue weighted by Gasteiger charge is -2.13. The number of amides is 1. The van der Waals surface area contributed by atoms with E-state index in [9.17, 15) is 14.0 Å². The number of pyridine rings is 1. The molecule has 27 heavy (non-hydrogen) atoms. The van der Waals surface area contributed by atoms with Gasteiger partial charge in [0.05, 0.1) is 11.9 Å². The Bertz CT molecular complexity index is 972. The fraction of sp³-hybridized carbons (Fsp3) is 0.158. The molecule has 3 aromatic rings. The van der Waals surface area contributed by atoms with Crippen molar-refractivity contribution in [1.29, 1.82) is 0 Å². The van der Waals surface area contributed by atoms with Gasteiger partial charge in [0.2, 0.25) is 0 Å². The van der Waals surface area contributed by atoms with Gasteiger partial charge in [0.1, 0.15) is 11.4 Å². The first kappa shape index (κ1) is 18.2. The third kappa shape index (κ3) is 4.17. The van der Waals surface area contributed by atoms with Crippen molar-refractivity contribution in [2.24, 2.45) is 0 Å². The number of hydrogen-bond donors (Lipinski definition) is 1. The molecular weight excluding hydrogens is 351 g/mol. The van der Waals surface area contributed by atoms with Crippen LogP contribution in [0, 0.1) is 12.7 Å². The van der Waals surface area contributed by atoms with Crippen molar-refractivity contribution in [3.8, 4) is 5.82 Å². The molecule has 0 bridgehead atoms. The van der Waals surface area contributed by atoms with Crippen molar-refractivity contribution in [2.45, 2.75) is 20.0 Å². The van der Waals surface area contributed by atoms with E-state index in [0.29, 0.717) is 11.5 Å². The third-order valence-corrected chi connectivity index (χ3v) is 3.84. The van der Waals surface area contributed by atoms with Crippen molar-refractivity contribution in [3.63, 3.8) is 0 Å². The number of anilines is 1. The Labute approximate surface area is 154 Å². The summed E-state index contributed by atoms with van der Waals surface area (Å²) in [6.07, 6.45) is 1.91. The Morgan fingerprint density at radius 2 is 2.04 bits per heavy atom. The monoisotopic (exact) mass is 368 g/mol. The average Bonchev–Trinajstić information content (AvgIpc) is 3.04. The molecule has 2 aromatic heterocycles. The van der Waals surface area contributed by atoms with E-state index in [2.05, 4.69) is 15.4 Å². The Morgan fingerprint density at radius 3 is 2.74 bits per heavy atom. The quantitative estimate of drug-likeness (QED) is 0.700. The van der Waals surface area contributed by atoms with Crippen molar-refractivity contribution in [1.82, 2.24) is 14.8 Å². The second-order valence-electron chi connectivity index (χ2n) is 5.79. The van der Waals surface area contributed by atoms with E-state index in [4.69, 9.17) is 4.74 Å². The number of hydrogen-bond acceptors (Lipinski definition) is 5. The molecule has 0 aliphatic carbocycles. The van der Waals surface area contributed by atoms with Gasteiger partial charge < -0.3 is 10.1 Å². The van der Waals surface area contributed by atoms with Crippen LogP contribution in [0.3, 0.4) is 0 Å². The highest BCUT2D eigenvalue weighted by Crippen LogP contribution is 2.15. The number of ether oxygens (including phenoxy) is 1. The van der Waals surface area contributed by atoms with Gasteiger partial charge in [0.25, 0.3) is 5.91 Å². The number of benzene rings is 1. The average molecular weight is 368 g/mol. The molecule has 0 saturated carbocycles. The second kappa shape index (κ2) is 7.77. The van der Waals surface area contributed by atoms with Gasteiger partial charge in [-0.1, -0.05) is 12.1 Å². The van der Waals surface area contributed by atoms with E-state index in [1.165, 1.54) is 42.1 Å². The fourth-order valence-electron chi connectivity index (χ4n) is 2.41. The van der Waals surface area contributed by atoms with Crippen LogP contribution >= 0.6 is 0 Å². The summed E-state index contributed by atoms with van der Waals surface area (Å²) in [5.41, 5.74) is 1.05. The first-order valence-electron chi connectivity index (χ1n) is 8.19. The summed E-state index contributed by atoms with van der Waals surface area (Å²) >= 11 is 0. The van der Waals surface area contributed by atoms with Crippen molar-refractivity contribution in [2.75, 3.05) is 5.32 Å². The number of aromatic nitrogens is 3. The lowest BCUT2D eigenvalue weighted by atomic mass is 10.2. The SMILES string of the molecule is Cc1c(C(=O)OC(C)C(=O)Nc2cccc(F)c2)cnn1-c1ccccn1. The largest absolute Gasteiger partial charge is 0.449 e. The molecule has 2 heterocycles. The predicted molar refractivity (Wildman–Crippen MR) is 96.0 cm³/mol. The highest BCUT2D eigenvalue weighted by Gasteiger charge is 2.22. The molecular formula is C19H17FN4O3. The summed E-state index contributed by atoms with van der Waals surface area (Å²) in [7, 11) is 0. The van der Waals surface area contributed by atoms with Crippen LogP contribution in [0.15, 0.2) is 54.9 Å². The maximum absolute atomic E-state index is 13.2. The van der Waals surface area contributed by atoms with Crippen LogP contribution in [0.25, 0.3) is 5.82 Å². The molecule has 0 aliphatic heterocycles. The number of carbonyl (C=O) groups is 2. The zero-order chi connectivity index (χ0) is 19.4. The van der Waals surface area contributed by atoms with Gasteiger partial charge in [-0.2, -0.15) is 5.10 Å². The van der Waals surface area contributed by atoms with Crippen LogP contribution in [0.2, 0.25) is 0 Å². The van der Waals surface area contributed by atoms with Crippen LogP contribution in [-0.4, -0.2) is 32.7 Å². The normalized spacial score (nSPS) is 11.7. The maximum atomic E-state index is 13.2. The molecule has 1 atom stereocenters. The number of esters is 1. The zero-order valence-electron chi connectivity index (χ0n) is 14.7. The van der Waals surface area contributed by atoms with E-state index >= 15 is 0 Å². The number of rotatable bonds is 5. The Hall–Kier alpha value is -3.55. The second-order valence-corrected chi connectivity index (χ2v) is 5.79. The third-order valence-electron chi connectivity index (χ3n) is 3.84. The molecule has 0 fully saturated rings. The minimum atomic E-state index is -1.07. The standard InChI is InChI=1S/C19H17FN4O3/c1-12-16(11-22-24(12)17-8-3-4-9-21-17)19(26)27-13(2)18(25)23-15-7-5-6-14(20)10-15/h3-11,13H,1-2H3,(H,23,25). The van der Waals surface area contributed by atoms with Crippen LogP contribution in [0.5, 0.6) is 0 Å².